The first-order chi connectivity index (χ1) is 5.77. The Bertz CT molecular complexity index is 267. The molecule has 12 heavy (non-hydrogen) atoms. The summed E-state index contributed by atoms with van der Waals surface area (Å²) >= 11 is 1.91. The Morgan fingerprint density at radius 1 is 1.42 bits per heavy atom. The molecular formula is C10H15NS. The molecule has 0 bridgehead atoms. The van der Waals surface area contributed by atoms with E-state index in [0.717, 1.165) is 0 Å². The van der Waals surface area contributed by atoms with E-state index in [1.54, 1.807) is 0 Å². The maximum absolute atomic E-state index is 6.03. The molecule has 0 aliphatic heterocycles. The van der Waals surface area contributed by atoms with Crippen molar-refractivity contribution >= 4 is 11.3 Å². The Hall–Kier alpha value is -0.340. The minimum absolute atomic E-state index is 0.419. The molecule has 1 fully saturated rings. The van der Waals surface area contributed by atoms with Crippen LogP contribution in [0, 0.1) is 6.92 Å². The van der Waals surface area contributed by atoms with Crippen LogP contribution in [0.3, 0.4) is 0 Å². The van der Waals surface area contributed by atoms with E-state index < -0.39 is 0 Å². The maximum atomic E-state index is 6.03. The number of thiophene rings is 1. The van der Waals surface area contributed by atoms with Crippen LogP contribution >= 0.6 is 11.3 Å². The summed E-state index contributed by atoms with van der Waals surface area (Å²) < 4.78 is 0. The van der Waals surface area contributed by atoms with Gasteiger partial charge in [0.05, 0.1) is 0 Å². The zero-order valence-corrected chi connectivity index (χ0v) is 8.23. The van der Waals surface area contributed by atoms with E-state index in [9.17, 15) is 0 Å². The summed E-state index contributed by atoms with van der Waals surface area (Å²) in [4.78, 5) is 2.90. The fourth-order valence-electron chi connectivity index (χ4n) is 1.99. The zero-order chi connectivity index (χ0) is 8.55. The highest BCUT2D eigenvalue weighted by molar-refractivity contribution is 7.12. The van der Waals surface area contributed by atoms with Gasteiger partial charge in [0, 0.05) is 21.7 Å². The van der Waals surface area contributed by atoms with Crippen LogP contribution in [0.4, 0.5) is 0 Å². The molecular weight excluding hydrogens is 166 g/mol. The third kappa shape index (κ3) is 1.41. The van der Waals surface area contributed by atoms with E-state index in [2.05, 4.69) is 19.1 Å². The minimum atomic E-state index is 0.419. The molecule has 1 aromatic heterocycles. The molecule has 1 aliphatic rings. The lowest BCUT2D eigenvalue weighted by molar-refractivity contribution is 0.622. The molecule has 1 heterocycles. The van der Waals surface area contributed by atoms with E-state index in [1.165, 1.54) is 29.0 Å². The van der Waals surface area contributed by atoms with Gasteiger partial charge in [-0.3, -0.25) is 0 Å². The second-order valence-electron chi connectivity index (χ2n) is 3.65. The molecule has 1 saturated carbocycles. The topological polar surface area (TPSA) is 26.0 Å². The first-order valence-electron chi connectivity index (χ1n) is 4.59. The summed E-state index contributed by atoms with van der Waals surface area (Å²) in [6, 6.07) is 4.86. The standard InChI is InChI=1S/C10H15NS/c1-7-5-6-10(12-7)8-3-2-4-9(8)11/h5-6,8-9H,2-4,11H2,1H3. The maximum Gasteiger partial charge on any atom is 0.0116 e. The van der Waals surface area contributed by atoms with Gasteiger partial charge in [-0.2, -0.15) is 0 Å². The predicted octanol–water partition coefficient (Wildman–Crippen LogP) is 2.65. The van der Waals surface area contributed by atoms with E-state index >= 15 is 0 Å². The van der Waals surface area contributed by atoms with Gasteiger partial charge in [-0.05, 0) is 31.9 Å². The SMILES string of the molecule is Cc1ccc(C2CCCC2N)s1. The summed E-state index contributed by atoms with van der Waals surface area (Å²) in [5.41, 5.74) is 6.03. The highest BCUT2D eigenvalue weighted by Crippen LogP contribution is 2.36. The Labute approximate surface area is 77.6 Å². The first kappa shape index (κ1) is 8.27. The second-order valence-corrected chi connectivity index (χ2v) is 4.97. The molecule has 1 aliphatic carbocycles. The molecule has 66 valence electrons. The molecule has 2 heteroatoms. The highest BCUT2D eigenvalue weighted by Gasteiger charge is 2.26. The van der Waals surface area contributed by atoms with E-state index in [-0.39, 0.29) is 0 Å². The van der Waals surface area contributed by atoms with Crippen LogP contribution in [0.5, 0.6) is 0 Å². The molecule has 2 atom stereocenters. The molecule has 0 saturated heterocycles. The molecule has 0 aromatic carbocycles. The smallest absolute Gasteiger partial charge is 0.0116 e. The van der Waals surface area contributed by atoms with Gasteiger partial charge in [0.15, 0.2) is 0 Å². The van der Waals surface area contributed by atoms with Crippen LogP contribution in [-0.4, -0.2) is 6.04 Å². The first-order valence-corrected chi connectivity index (χ1v) is 5.41. The lowest BCUT2D eigenvalue weighted by Gasteiger charge is -2.12. The van der Waals surface area contributed by atoms with Gasteiger partial charge in [-0.15, -0.1) is 11.3 Å². The average molecular weight is 181 g/mol. The molecule has 1 aromatic rings. The van der Waals surface area contributed by atoms with E-state index in [0.29, 0.717) is 12.0 Å². The summed E-state index contributed by atoms with van der Waals surface area (Å²) in [6.07, 6.45) is 3.81. The summed E-state index contributed by atoms with van der Waals surface area (Å²) in [5, 5.41) is 0. The van der Waals surface area contributed by atoms with Crippen LogP contribution in [0.1, 0.15) is 34.9 Å². The Morgan fingerprint density at radius 2 is 2.25 bits per heavy atom. The van der Waals surface area contributed by atoms with Crippen molar-refractivity contribution < 1.29 is 0 Å². The van der Waals surface area contributed by atoms with Crippen molar-refractivity contribution in [3.05, 3.63) is 21.9 Å². The third-order valence-electron chi connectivity index (χ3n) is 2.70. The van der Waals surface area contributed by atoms with Crippen LogP contribution in [0.15, 0.2) is 12.1 Å². The minimum Gasteiger partial charge on any atom is -0.327 e. The number of aryl methyl sites for hydroxylation is 1. The Balaban J connectivity index is 2.19. The molecule has 2 N–H and O–H groups in total. The molecule has 2 rings (SSSR count). The van der Waals surface area contributed by atoms with Crippen LogP contribution in [0.25, 0.3) is 0 Å². The van der Waals surface area contributed by atoms with Gasteiger partial charge in [-0.1, -0.05) is 6.42 Å². The van der Waals surface area contributed by atoms with Crippen LogP contribution in [0.2, 0.25) is 0 Å². The van der Waals surface area contributed by atoms with Crippen molar-refractivity contribution in [1.82, 2.24) is 0 Å². The Kier molecular flexibility index (Phi) is 2.20. The molecule has 0 amide bonds. The quantitative estimate of drug-likeness (QED) is 0.708. The summed E-state index contributed by atoms with van der Waals surface area (Å²) in [5.74, 6) is 0.656. The van der Waals surface area contributed by atoms with Gasteiger partial charge in [-0.25, -0.2) is 0 Å². The lowest BCUT2D eigenvalue weighted by Crippen LogP contribution is -2.21. The molecule has 2 unspecified atom stereocenters. The average Bonchev–Trinajstić information content (AvgIpc) is 2.58. The summed E-state index contributed by atoms with van der Waals surface area (Å²) in [6.45, 7) is 2.16. The lowest BCUT2D eigenvalue weighted by atomic mass is 10.0. The Morgan fingerprint density at radius 3 is 2.75 bits per heavy atom. The highest BCUT2D eigenvalue weighted by atomic mass is 32.1. The monoisotopic (exact) mass is 181 g/mol. The van der Waals surface area contributed by atoms with Gasteiger partial charge >= 0.3 is 0 Å². The van der Waals surface area contributed by atoms with Crippen molar-refractivity contribution in [2.75, 3.05) is 0 Å². The van der Waals surface area contributed by atoms with Gasteiger partial charge in [0.2, 0.25) is 0 Å². The number of hydrogen-bond acceptors (Lipinski definition) is 2. The largest absolute Gasteiger partial charge is 0.327 e. The molecule has 1 nitrogen and oxygen atoms in total. The third-order valence-corrected chi connectivity index (χ3v) is 3.83. The van der Waals surface area contributed by atoms with Gasteiger partial charge < -0.3 is 5.73 Å². The van der Waals surface area contributed by atoms with Crippen LogP contribution < -0.4 is 5.73 Å². The van der Waals surface area contributed by atoms with Crippen molar-refractivity contribution in [2.24, 2.45) is 5.73 Å². The molecule has 0 radical (unpaired) electrons. The predicted molar refractivity (Wildman–Crippen MR) is 53.6 cm³/mol. The normalized spacial score (nSPS) is 29.5. The van der Waals surface area contributed by atoms with Crippen molar-refractivity contribution in [1.29, 1.82) is 0 Å². The van der Waals surface area contributed by atoms with Gasteiger partial charge in [0.1, 0.15) is 0 Å². The zero-order valence-electron chi connectivity index (χ0n) is 7.42. The number of hydrogen-bond donors (Lipinski definition) is 1. The fraction of sp³-hybridized carbons (Fsp3) is 0.600. The molecule has 0 spiro atoms. The second kappa shape index (κ2) is 3.19. The van der Waals surface area contributed by atoms with E-state index in [1.807, 2.05) is 11.3 Å². The van der Waals surface area contributed by atoms with Crippen molar-refractivity contribution in [3.63, 3.8) is 0 Å². The summed E-state index contributed by atoms with van der Waals surface area (Å²) in [7, 11) is 0. The van der Waals surface area contributed by atoms with Gasteiger partial charge in [0.25, 0.3) is 0 Å². The van der Waals surface area contributed by atoms with Crippen LogP contribution in [-0.2, 0) is 0 Å². The number of nitrogens with two attached hydrogens (primary N) is 1. The number of rotatable bonds is 1. The van der Waals surface area contributed by atoms with E-state index in [4.69, 9.17) is 5.73 Å². The fourth-order valence-corrected chi connectivity index (χ4v) is 3.08. The van der Waals surface area contributed by atoms with Crippen molar-refractivity contribution in [2.45, 2.75) is 38.1 Å². The van der Waals surface area contributed by atoms with Crippen molar-refractivity contribution in [3.8, 4) is 0 Å².